The van der Waals surface area contributed by atoms with E-state index in [0.29, 0.717) is 34.8 Å². The second-order valence-corrected chi connectivity index (χ2v) is 4.43. The van der Waals surface area contributed by atoms with Gasteiger partial charge in [0.25, 0.3) is 0 Å². The average molecular weight is 295 g/mol. The Kier molecular flexibility index (Phi) is 4.76. The zero-order chi connectivity index (χ0) is 14.5. The van der Waals surface area contributed by atoms with Gasteiger partial charge >= 0.3 is 0 Å². The topological polar surface area (TPSA) is 53.5 Å². The van der Waals surface area contributed by atoms with Gasteiger partial charge in [0.1, 0.15) is 16.7 Å². The van der Waals surface area contributed by atoms with Crippen LogP contribution < -0.4 is 9.47 Å². The second kappa shape index (κ2) is 6.54. The Morgan fingerprint density at radius 1 is 0.950 bits per heavy atom. The van der Waals surface area contributed by atoms with Crippen LogP contribution in [0, 0.1) is 0 Å². The summed E-state index contributed by atoms with van der Waals surface area (Å²) in [6, 6.07) is 7.10. The van der Waals surface area contributed by atoms with Gasteiger partial charge in [0.2, 0.25) is 0 Å². The third kappa shape index (κ3) is 3.37. The molecule has 0 saturated carbocycles. The number of halogens is 1. The predicted molar refractivity (Wildman–Crippen MR) is 76.3 cm³/mol. The molecule has 0 aliphatic heterocycles. The van der Waals surface area contributed by atoms with E-state index < -0.39 is 0 Å². The number of benzene rings is 1. The van der Waals surface area contributed by atoms with Crippen molar-refractivity contribution in [3.05, 3.63) is 35.1 Å². The highest BCUT2D eigenvalue weighted by atomic mass is 35.5. The Morgan fingerprint density at radius 3 is 2.15 bits per heavy atom. The lowest BCUT2D eigenvalue weighted by Gasteiger charge is -2.09. The molecular formula is C14H15ClN2O3. The predicted octanol–water partition coefficient (Wildman–Crippen LogP) is 2.96. The molecule has 1 heterocycles. The zero-order valence-corrected chi connectivity index (χ0v) is 12.3. The normalized spacial score (nSPS) is 10.4. The highest BCUT2D eigenvalue weighted by Gasteiger charge is 2.09. The van der Waals surface area contributed by atoms with E-state index in [0.717, 1.165) is 5.56 Å². The summed E-state index contributed by atoms with van der Waals surface area (Å²) in [7, 11) is 4.78. The Bertz CT molecular complexity index is 583. The molecule has 2 aromatic rings. The number of aromatic nitrogens is 2. The summed E-state index contributed by atoms with van der Waals surface area (Å²) in [5.74, 6) is 1.83. The first-order valence-corrected chi connectivity index (χ1v) is 6.30. The summed E-state index contributed by atoms with van der Waals surface area (Å²) in [5, 5.41) is 0.365. The van der Waals surface area contributed by atoms with Crippen LogP contribution in [0.5, 0.6) is 11.5 Å². The van der Waals surface area contributed by atoms with E-state index in [1.165, 1.54) is 0 Å². The van der Waals surface area contributed by atoms with E-state index in [-0.39, 0.29) is 0 Å². The molecule has 0 aliphatic rings. The molecular weight excluding hydrogens is 280 g/mol. The lowest BCUT2D eigenvalue weighted by atomic mass is 10.2. The fraction of sp³-hybridized carbons (Fsp3) is 0.286. The molecule has 5 nitrogen and oxygen atoms in total. The number of hydrogen-bond donors (Lipinski definition) is 0. The van der Waals surface area contributed by atoms with E-state index >= 15 is 0 Å². The number of rotatable bonds is 5. The first-order chi connectivity index (χ1) is 9.66. The van der Waals surface area contributed by atoms with Crippen molar-refractivity contribution in [3.8, 4) is 22.9 Å². The van der Waals surface area contributed by atoms with Gasteiger partial charge in [0.05, 0.1) is 26.5 Å². The molecule has 20 heavy (non-hydrogen) atoms. The minimum Gasteiger partial charge on any atom is -0.497 e. The standard InChI is InChI=1S/C14H15ClN2O3/c1-18-8-10-6-13(15)17-14(16-10)9-4-11(19-2)7-12(5-9)20-3/h4-7H,8H2,1-3H3. The van der Waals surface area contributed by atoms with Crippen LogP contribution in [0.4, 0.5) is 0 Å². The van der Waals surface area contributed by atoms with Gasteiger partial charge in [-0.3, -0.25) is 0 Å². The quantitative estimate of drug-likeness (QED) is 0.794. The van der Waals surface area contributed by atoms with Crippen molar-refractivity contribution in [2.45, 2.75) is 6.61 Å². The summed E-state index contributed by atoms with van der Waals surface area (Å²) in [6.07, 6.45) is 0. The van der Waals surface area contributed by atoms with E-state index in [4.69, 9.17) is 25.8 Å². The van der Waals surface area contributed by atoms with Gasteiger partial charge in [-0.15, -0.1) is 0 Å². The lowest BCUT2D eigenvalue weighted by molar-refractivity contribution is 0.181. The molecule has 0 bridgehead atoms. The van der Waals surface area contributed by atoms with Gasteiger partial charge in [-0.25, -0.2) is 9.97 Å². The maximum Gasteiger partial charge on any atom is 0.161 e. The Balaban J connectivity index is 2.49. The molecule has 1 aromatic carbocycles. The van der Waals surface area contributed by atoms with Crippen molar-refractivity contribution in [1.29, 1.82) is 0 Å². The fourth-order valence-corrected chi connectivity index (χ4v) is 1.96. The molecule has 0 spiro atoms. The highest BCUT2D eigenvalue weighted by Crippen LogP contribution is 2.28. The molecule has 6 heteroatoms. The summed E-state index contributed by atoms with van der Waals surface area (Å²) in [5.41, 5.74) is 1.48. The molecule has 0 fully saturated rings. The molecule has 0 radical (unpaired) electrons. The van der Waals surface area contributed by atoms with Crippen molar-refractivity contribution in [1.82, 2.24) is 9.97 Å². The summed E-state index contributed by atoms with van der Waals surface area (Å²) < 4.78 is 15.5. The molecule has 0 aliphatic carbocycles. The van der Waals surface area contributed by atoms with Crippen LogP contribution in [0.2, 0.25) is 5.15 Å². The van der Waals surface area contributed by atoms with Crippen LogP contribution >= 0.6 is 11.6 Å². The third-order valence-electron chi connectivity index (χ3n) is 2.65. The summed E-state index contributed by atoms with van der Waals surface area (Å²) >= 11 is 6.01. The monoisotopic (exact) mass is 294 g/mol. The van der Waals surface area contributed by atoms with Crippen LogP contribution in [-0.2, 0) is 11.3 Å². The summed E-state index contributed by atoms with van der Waals surface area (Å²) in [6.45, 7) is 0.371. The zero-order valence-electron chi connectivity index (χ0n) is 11.5. The van der Waals surface area contributed by atoms with Crippen molar-refractivity contribution < 1.29 is 14.2 Å². The first kappa shape index (κ1) is 14.6. The van der Waals surface area contributed by atoms with Crippen LogP contribution in [0.25, 0.3) is 11.4 Å². The van der Waals surface area contributed by atoms with Crippen molar-refractivity contribution in [2.75, 3.05) is 21.3 Å². The van der Waals surface area contributed by atoms with Crippen molar-refractivity contribution in [3.63, 3.8) is 0 Å². The Hall–Kier alpha value is -1.85. The SMILES string of the molecule is COCc1cc(Cl)nc(-c2cc(OC)cc(OC)c2)n1. The van der Waals surface area contributed by atoms with Gasteiger partial charge in [-0.1, -0.05) is 11.6 Å². The molecule has 1 aromatic heterocycles. The van der Waals surface area contributed by atoms with Gasteiger partial charge in [-0.05, 0) is 18.2 Å². The van der Waals surface area contributed by atoms with Crippen molar-refractivity contribution >= 4 is 11.6 Å². The smallest absolute Gasteiger partial charge is 0.161 e. The molecule has 0 unspecified atom stereocenters. The summed E-state index contributed by atoms with van der Waals surface area (Å²) in [4.78, 5) is 8.64. The fourth-order valence-electron chi connectivity index (χ4n) is 1.75. The average Bonchev–Trinajstić information content (AvgIpc) is 2.46. The van der Waals surface area contributed by atoms with E-state index in [2.05, 4.69) is 9.97 Å². The largest absolute Gasteiger partial charge is 0.497 e. The van der Waals surface area contributed by atoms with Crippen LogP contribution in [0.1, 0.15) is 5.69 Å². The van der Waals surface area contributed by atoms with Crippen LogP contribution in [0.15, 0.2) is 24.3 Å². The maximum atomic E-state index is 6.01. The molecule has 0 amide bonds. The molecule has 0 atom stereocenters. The lowest BCUT2D eigenvalue weighted by Crippen LogP contribution is -1.98. The second-order valence-electron chi connectivity index (χ2n) is 4.04. The van der Waals surface area contributed by atoms with Gasteiger partial charge in [-0.2, -0.15) is 0 Å². The number of hydrogen-bond acceptors (Lipinski definition) is 5. The highest BCUT2D eigenvalue weighted by molar-refractivity contribution is 6.29. The van der Waals surface area contributed by atoms with Crippen LogP contribution in [-0.4, -0.2) is 31.3 Å². The first-order valence-electron chi connectivity index (χ1n) is 5.92. The number of methoxy groups -OCH3 is 3. The van der Waals surface area contributed by atoms with Crippen LogP contribution in [0.3, 0.4) is 0 Å². The minimum absolute atomic E-state index is 0.365. The minimum atomic E-state index is 0.365. The van der Waals surface area contributed by atoms with Gasteiger partial charge in [0, 0.05) is 18.7 Å². The maximum absolute atomic E-state index is 6.01. The molecule has 2 rings (SSSR count). The van der Waals surface area contributed by atoms with Gasteiger partial charge < -0.3 is 14.2 Å². The number of ether oxygens (including phenoxy) is 3. The third-order valence-corrected chi connectivity index (χ3v) is 2.84. The molecule has 106 valence electrons. The van der Waals surface area contributed by atoms with E-state index in [1.54, 1.807) is 33.5 Å². The molecule has 0 saturated heterocycles. The van der Waals surface area contributed by atoms with E-state index in [1.807, 2.05) is 12.1 Å². The number of nitrogens with zero attached hydrogens (tertiary/aromatic N) is 2. The van der Waals surface area contributed by atoms with Crippen molar-refractivity contribution in [2.24, 2.45) is 0 Å². The van der Waals surface area contributed by atoms with Gasteiger partial charge in [0.15, 0.2) is 5.82 Å². The van der Waals surface area contributed by atoms with E-state index in [9.17, 15) is 0 Å². The Labute approximate surface area is 122 Å². The Morgan fingerprint density at radius 2 is 1.60 bits per heavy atom. The molecule has 0 N–H and O–H groups in total.